The molecule has 1 aromatic carbocycles. The van der Waals surface area contributed by atoms with Crippen molar-refractivity contribution < 1.29 is 9.90 Å². The Labute approximate surface area is 90.9 Å². The Morgan fingerprint density at radius 2 is 1.93 bits per heavy atom. The van der Waals surface area contributed by atoms with Gasteiger partial charge in [-0.1, -0.05) is 43.7 Å². The second-order valence-corrected chi connectivity index (χ2v) is 3.85. The summed E-state index contributed by atoms with van der Waals surface area (Å²) in [7, 11) is 0. The predicted molar refractivity (Wildman–Crippen MR) is 60.8 cm³/mol. The third-order valence-electron chi connectivity index (χ3n) is 2.61. The van der Waals surface area contributed by atoms with Gasteiger partial charge in [0.15, 0.2) is 0 Å². The Bertz CT molecular complexity index is 293. The first-order valence-electron chi connectivity index (χ1n) is 5.50. The summed E-state index contributed by atoms with van der Waals surface area (Å²) in [5.41, 5.74) is 1.22. The molecule has 0 aliphatic rings. The van der Waals surface area contributed by atoms with E-state index in [0.717, 1.165) is 25.7 Å². The molecule has 2 nitrogen and oxygen atoms in total. The molecule has 1 atom stereocenters. The maximum atomic E-state index is 10.9. The van der Waals surface area contributed by atoms with Crippen molar-refractivity contribution >= 4 is 5.97 Å². The van der Waals surface area contributed by atoms with E-state index in [1.807, 2.05) is 37.3 Å². The van der Waals surface area contributed by atoms with E-state index in [-0.39, 0.29) is 5.92 Å². The molecule has 0 aliphatic carbocycles. The van der Waals surface area contributed by atoms with Crippen LogP contribution in [-0.4, -0.2) is 11.1 Å². The van der Waals surface area contributed by atoms with Crippen LogP contribution in [0.5, 0.6) is 0 Å². The Balaban J connectivity index is 2.43. The molecule has 1 unspecified atom stereocenters. The number of rotatable bonds is 6. The van der Waals surface area contributed by atoms with Crippen LogP contribution in [0.2, 0.25) is 0 Å². The molecule has 1 rings (SSSR count). The van der Waals surface area contributed by atoms with Gasteiger partial charge in [0.1, 0.15) is 0 Å². The molecule has 0 saturated heterocycles. The van der Waals surface area contributed by atoms with Crippen molar-refractivity contribution in [3.63, 3.8) is 0 Å². The molecule has 0 bridgehead atoms. The molecule has 0 fully saturated rings. The SMILES string of the molecule is CCCC(CCc1ccccc1)C(=O)O. The molecule has 2 heteroatoms. The van der Waals surface area contributed by atoms with E-state index < -0.39 is 5.97 Å². The summed E-state index contributed by atoms with van der Waals surface area (Å²) in [6.07, 6.45) is 3.32. The molecule has 1 N–H and O–H groups in total. The van der Waals surface area contributed by atoms with Crippen LogP contribution >= 0.6 is 0 Å². The van der Waals surface area contributed by atoms with Crippen LogP contribution in [0.25, 0.3) is 0 Å². The zero-order valence-corrected chi connectivity index (χ0v) is 9.15. The summed E-state index contributed by atoms with van der Waals surface area (Å²) in [5.74, 6) is -0.844. The summed E-state index contributed by atoms with van der Waals surface area (Å²) >= 11 is 0. The van der Waals surface area contributed by atoms with E-state index in [2.05, 4.69) is 0 Å². The molecule has 82 valence electrons. The average Bonchev–Trinajstić information content (AvgIpc) is 2.25. The molecule has 0 radical (unpaired) electrons. The lowest BCUT2D eigenvalue weighted by Gasteiger charge is -2.10. The van der Waals surface area contributed by atoms with Crippen LogP contribution in [0.1, 0.15) is 31.7 Å². The first-order valence-corrected chi connectivity index (χ1v) is 5.50. The Kier molecular flexibility index (Phi) is 4.88. The number of benzene rings is 1. The number of carboxylic acids is 1. The van der Waals surface area contributed by atoms with Gasteiger partial charge < -0.3 is 5.11 Å². The minimum absolute atomic E-state index is 0.185. The van der Waals surface area contributed by atoms with Gasteiger partial charge in [-0.05, 0) is 24.8 Å². The fraction of sp³-hybridized carbons (Fsp3) is 0.462. The second kappa shape index (κ2) is 6.23. The van der Waals surface area contributed by atoms with Crippen LogP contribution < -0.4 is 0 Å². The van der Waals surface area contributed by atoms with Crippen molar-refractivity contribution in [2.24, 2.45) is 5.92 Å². The number of carboxylic acid groups (broad SMARTS) is 1. The van der Waals surface area contributed by atoms with E-state index >= 15 is 0 Å². The van der Waals surface area contributed by atoms with Crippen LogP contribution in [0.3, 0.4) is 0 Å². The van der Waals surface area contributed by atoms with Gasteiger partial charge in [0.05, 0.1) is 5.92 Å². The molecular formula is C13H18O2. The molecular weight excluding hydrogens is 188 g/mol. The molecule has 0 spiro atoms. The number of aliphatic carboxylic acids is 1. The largest absolute Gasteiger partial charge is 0.481 e. The second-order valence-electron chi connectivity index (χ2n) is 3.85. The zero-order chi connectivity index (χ0) is 11.1. The van der Waals surface area contributed by atoms with Crippen LogP contribution in [0.15, 0.2) is 30.3 Å². The fourth-order valence-corrected chi connectivity index (χ4v) is 1.73. The van der Waals surface area contributed by atoms with Crippen molar-refractivity contribution in [2.75, 3.05) is 0 Å². The number of carbonyl (C=O) groups is 1. The van der Waals surface area contributed by atoms with Crippen LogP contribution in [-0.2, 0) is 11.2 Å². The molecule has 0 heterocycles. The van der Waals surface area contributed by atoms with E-state index in [9.17, 15) is 4.79 Å². The fourth-order valence-electron chi connectivity index (χ4n) is 1.73. The first kappa shape index (κ1) is 11.8. The van der Waals surface area contributed by atoms with Crippen LogP contribution in [0.4, 0.5) is 0 Å². The van der Waals surface area contributed by atoms with Gasteiger partial charge in [-0.3, -0.25) is 4.79 Å². The summed E-state index contributed by atoms with van der Waals surface area (Å²) in [5, 5.41) is 8.98. The maximum absolute atomic E-state index is 10.9. The Hall–Kier alpha value is -1.31. The van der Waals surface area contributed by atoms with Gasteiger partial charge >= 0.3 is 5.97 Å². The van der Waals surface area contributed by atoms with Crippen molar-refractivity contribution in [2.45, 2.75) is 32.6 Å². The highest BCUT2D eigenvalue weighted by Crippen LogP contribution is 2.15. The van der Waals surface area contributed by atoms with Gasteiger partial charge in [0, 0.05) is 0 Å². The highest BCUT2D eigenvalue weighted by molar-refractivity contribution is 5.69. The van der Waals surface area contributed by atoms with E-state index in [1.165, 1.54) is 5.56 Å². The molecule has 1 aromatic rings. The van der Waals surface area contributed by atoms with Crippen LogP contribution in [0, 0.1) is 5.92 Å². The van der Waals surface area contributed by atoms with Crippen molar-refractivity contribution in [1.82, 2.24) is 0 Å². The lowest BCUT2D eigenvalue weighted by Crippen LogP contribution is -2.14. The minimum atomic E-state index is -0.659. The number of aryl methyl sites for hydroxylation is 1. The van der Waals surface area contributed by atoms with Gasteiger partial charge in [0.2, 0.25) is 0 Å². The summed E-state index contributed by atoms with van der Waals surface area (Å²) in [6, 6.07) is 10.1. The van der Waals surface area contributed by atoms with E-state index in [0.29, 0.717) is 0 Å². The highest BCUT2D eigenvalue weighted by Gasteiger charge is 2.15. The third-order valence-corrected chi connectivity index (χ3v) is 2.61. The van der Waals surface area contributed by atoms with E-state index in [4.69, 9.17) is 5.11 Å². The monoisotopic (exact) mass is 206 g/mol. The normalized spacial score (nSPS) is 12.3. The lowest BCUT2D eigenvalue weighted by atomic mass is 9.95. The van der Waals surface area contributed by atoms with Gasteiger partial charge in [-0.2, -0.15) is 0 Å². The Morgan fingerprint density at radius 3 is 2.47 bits per heavy atom. The smallest absolute Gasteiger partial charge is 0.306 e. The molecule has 15 heavy (non-hydrogen) atoms. The van der Waals surface area contributed by atoms with Gasteiger partial charge in [-0.15, -0.1) is 0 Å². The predicted octanol–water partition coefficient (Wildman–Crippen LogP) is 3.12. The molecule has 0 aliphatic heterocycles. The summed E-state index contributed by atoms with van der Waals surface area (Å²) in [4.78, 5) is 10.9. The third kappa shape index (κ3) is 4.15. The van der Waals surface area contributed by atoms with Crippen molar-refractivity contribution in [1.29, 1.82) is 0 Å². The highest BCUT2D eigenvalue weighted by atomic mass is 16.4. The van der Waals surface area contributed by atoms with Crippen molar-refractivity contribution in [3.05, 3.63) is 35.9 Å². The van der Waals surface area contributed by atoms with Crippen molar-refractivity contribution in [3.8, 4) is 0 Å². The first-order chi connectivity index (χ1) is 7.24. The molecule has 0 amide bonds. The quantitative estimate of drug-likeness (QED) is 0.776. The Morgan fingerprint density at radius 1 is 1.27 bits per heavy atom. The zero-order valence-electron chi connectivity index (χ0n) is 9.15. The number of hydrogen-bond acceptors (Lipinski definition) is 1. The molecule has 0 saturated carbocycles. The summed E-state index contributed by atoms with van der Waals surface area (Å²) in [6.45, 7) is 2.03. The topological polar surface area (TPSA) is 37.3 Å². The maximum Gasteiger partial charge on any atom is 0.306 e. The number of hydrogen-bond donors (Lipinski definition) is 1. The van der Waals surface area contributed by atoms with E-state index in [1.54, 1.807) is 0 Å². The lowest BCUT2D eigenvalue weighted by molar-refractivity contribution is -0.142. The van der Waals surface area contributed by atoms with Gasteiger partial charge in [-0.25, -0.2) is 0 Å². The molecule has 0 aromatic heterocycles. The summed E-state index contributed by atoms with van der Waals surface area (Å²) < 4.78 is 0. The standard InChI is InChI=1S/C13H18O2/c1-2-6-12(13(14)15)10-9-11-7-4-3-5-8-11/h3-5,7-8,12H,2,6,9-10H2,1H3,(H,14,15). The average molecular weight is 206 g/mol. The van der Waals surface area contributed by atoms with Gasteiger partial charge in [0.25, 0.3) is 0 Å². The minimum Gasteiger partial charge on any atom is -0.481 e.